The summed E-state index contributed by atoms with van der Waals surface area (Å²) in [5.74, 6) is 1.24. The predicted octanol–water partition coefficient (Wildman–Crippen LogP) is 8.60. The molecule has 0 bridgehead atoms. The molecule has 3 amide bonds. The lowest BCUT2D eigenvalue weighted by Crippen LogP contribution is -2.38. The van der Waals surface area contributed by atoms with E-state index in [4.69, 9.17) is 4.74 Å². The summed E-state index contributed by atoms with van der Waals surface area (Å²) in [6.45, 7) is 15.7. The van der Waals surface area contributed by atoms with E-state index in [-0.39, 0.29) is 18.5 Å². The molecule has 3 aromatic carbocycles. The van der Waals surface area contributed by atoms with Gasteiger partial charge in [0.25, 0.3) is 0 Å². The minimum absolute atomic E-state index is 0.0319. The van der Waals surface area contributed by atoms with E-state index in [1.807, 2.05) is 34.6 Å². The van der Waals surface area contributed by atoms with Crippen molar-refractivity contribution < 1.29 is 23.9 Å². The number of rotatable bonds is 14. The molecule has 0 aliphatic carbocycles. The van der Waals surface area contributed by atoms with Gasteiger partial charge in [-0.2, -0.15) is 0 Å². The Morgan fingerprint density at radius 2 is 1.18 bits per heavy atom. The molecule has 296 valence electrons. The van der Waals surface area contributed by atoms with Crippen molar-refractivity contribution in [2.75, 3.05) is 33.9 Å². The molecule has 0 fully saturated rings. The van der Waals surface area contributed by atoms with Crippen LogP contribution in [0.4, 0.5) is 4.79 Å². The number of benzene rings is 3. The Kier molecular flexibility index (Phi) is 17.6. The van der Waals surface area contributed by atoms with Crippen LogP contribution in [0.15, 0.2) is 73.1 Å². The normalized spacial score (nSPS) is 10.8. The summed E-state index contributed by atoms with van der Waals surface area (Å²) in [6, 6.07) is 21.1. The molecule has 0 unspecified atom stereocenters. The maximum Gasteiger partial charge on any atom is 0.410 e. The van der Waals surface area contributed by atoms with Crippen molar-refractivity contribution in [3.05, 3.63) is 84.7 Å². The van der Waals surface area contributed by atoms with Crippen molar-refractivity contribution in [1.29, 1.82) is 0 Å². The molecule has 12 heteroatoms. The number of hydrogen-bond donors (Lipinski definition) is 3. The maximum atomic E-state index is 12.7. The molecular formula is C43H59N7O5. The Hall–Kier alpha value is -5.49. The number of H-pyrrole nitrogens is 2. The smallest absolute Gasteiger partial charge is 0.410 e. The fourth-order valence-corrected chi connectivity index (χ4v) is 5.61. The summed E-state index contributed by atoms with van der Waals surface area (Å²) in [7, 11) is 3.25. The van der Waals surface area contributed by atoms with Crippen LogP contribution in [0.3, 0.4) is 0 Å². The number of nitrogens with zero attached hydrogens (tertiary/aromatic N) is 4. The first-order chi connectivity index (χ1) is 26.4. The second kappa shape index (κ2) is 22.0. The first-order valence-electron chi connectivity index (χ1n) is 19.0. The number of carbonyl (C=O) groups is 3. The van der Waals surface area contributed by atoms with Gasteiger partial charge in [0.2, 0.25) is 12.3 Å². The lowest BCUT2D eigenvalue weighted by atomic mass is 9.98. The summed E-state index contributed by atoms with van der Waals surface area (Å²) in [5, 5.41) is 4.66. The molecule has 55 heavy (non-hydrogen) atoms. The van der Waals surface area contributed by atoms with Gasteiger partial charge in [-0.3, -0.25) is 9.59 Å². The molecule has 0 spiro atoms. The van der Waals surface area contributed by atoms with Gasteiger partial charge in [-0.25, -0.2) is 14.8 Å². The first kappa shape index (κ1) is 43.9. The van der Waals surface area contributed by atoms with E-state index in [0.717, 1.165) is 57.3 Å². The SMILES string of the molecule is CCC.CCCN(Cc1ncc(-c2ccc3cc(-c4ccc(-c5cnc(CN(CCC)C(=O)OC(C)(C)C)[nH]5)cc4)ccc3c2)[nH]1)C(=O)CNC=O.COC. The van der Waals surface area contributed by atoms with Crippen molar-refractivity contribution in [3.8, 4) is 33.6 Å². The highest BCUT2D eigenvalue weighted by Gasteiger charge is 2.23. The topological polar surface area (TPSA) is 146 Å². The monoisotopic (exact) mass is 753 g/mol. The number of aromatic amines is 2. The third kappa shape index (κ3) is 13.7. The highest BCUT2D eigenvalue weighted by molar-refractivity contribution is 5.90. The van der Waals surface area contributed by atoms with Crippen LogP contribution in [0.1, 0.15) is 79.4 Å². The molecule has 0 aliphatic heterocycles. The Labute approximate surface area is 326 Å². The van der Waals surface area contributed by atoms with Crippen molar-refractivity contribution in [2.24, 2.45) is 0 Å². The van der Waals surface area contributed by atoms with Gasteiger partial charge in [-0.1, -0.05) is 82.6 Å². The summed E-state index contributed by atoms with van der Waals surface area (Å²) in [5.41, 5.74) is 5.41. The number of methoxy groups -OCH3 is 1. The zero-order valence-electron chi connectivity index (χ0n) is 34.0. The molecule has 3 N–H and O–H groups in total. The third-order valence-corrected chi connectivity index (χ3v) is 7.95. The number of imidazole rings is 2. The average molecular weight is 754 g/mol. The van der Waals surface area contributed by atoms with Crippen LogP contribution < -0.4 is 5.32 Å². The highest BCUT2D eigenvalue weighted by atomic mass is 16.6. The van der Waals surface area contributed by atoms with Gasteiger partial charge in [0, 0.05) is 32.9 Å². The number of nitrogens with one attached hydrogen (secondary N) is 3. The fourth-order valence-electron chi connectivity index (χ4n) is 5.61. The quantitative estimate of drug-likeness (QED) is 0.0963. The van der Waals surface area contributed by atoms with Gasteiger partial charge in [0.1, 0.15) is 17.2 Å². The molecule has 2 aromatic heterocycles. The van der Waals surface area contributed by atoms with Crippen molar-refractivity contribution in [2.45, 2.75) is 86.4 Å². The minimum atomic E-state index is -0.558. The Morgan fingerprint density at radius 1 is 0.727 bits per heavy atom. The average Bonchev–Trinajstić information content (AvgIpc) is 3.83. The fraction of sp³-hybridized carbons (Fsp3) is 0.419. The van der Waals surface area contributed by atoms with E-state index >= 15 is 0 Å². The molecule has 0 saturated heterocycles. The van der Waals surface area contributed by atoms with Gasteiger partial charge in [0.05, 0.1) is 43.4 Å². The molecule has 5 rings (SSSR count). The number of aromatic nitrogens is 4. The molecule has 0 atom stereocenters. The van der Waals surface area contributed by atoms with Crippen LogP contribution in [0.5, 0.6) is 0 Å². The maximum absolute atomic E-state index is 12.7. The minimum Gasteiger partial charge on any atom is -0.444 e. The lowest BCUT2D eigenvalue weighted by Gasteiger charge is -2.26. The second-order valence-corrected chi connectivity index (χ2v) is 14.2. The summed E-state index contributed by atoms with van der Waals surface area (Å²) >= 11 is 0. The van der Waals surface area contributed by atoms with Crippen LogP contribution in [-0.4, -0.2) is 87.6 Å². The van der Waals surface area contributed by atoms with Gasteiger partial charge in [-0.15, -0.1) is 0 Å². The van der Waals surface area contributed by atoms with E-state index in [2.05, 4.69) is 105 Å². The van der Waals surface area contributed by atoms with E-state index in [1.165, 1.54) is 6.42 Å². The Morgan fingerprint density at radius 3 is 1.71 bits per heavy atom. The second-order valence-electron chi connectivity index (χ2n) is 14.2. The van der Waals surface area contributed by atoms with Crippen LogP contribution in [0, 0.1) is 0 Å². The summed E-state index contributed by atoms with van der Waals surface area (Å²) < 4.78 is 9.83. The van der Waals surface area contributed by atoms with Gasteiger partial charge in [-0.05, 0) is 73.2 Å². The molecular weight excluding hydrogens is 695 g/mol. The molecule has 0 aliphatic rings. The van der Waals surface area contributed by atoms with Crippen molar-refractivity contribution >= 4 is 29.2 Å². The van der Waals surface area contributed by atoms with Crippen LogP contribution >= 0.6 is 0 Å². The van der Waals surface area contributed by atoms with E-state index < -0.39 is 5.60 Å². The van der Waals surface area contributed by atoms with Crippen LogP contribution in [-0.2, 0) is 32.2 Å². The zero-order chi connectivity index (χ0) is 40.4. The van der Waals surface area contributed by atoms with E-state index in [1.54, 1.807) is 36.4 Å². The van der Waals surface area contributed by atoms with Gasteiger partial charge in [0.15, 0.2) is 0 Å². The number of amides is 3. The Balaban J connectivity index is 0.00000127. The van der Waals surface area contributed by atoms with Crippen LogP contribution in [0.2, 0.25) is 0 Å². The van der Waals surface area contributed by atoms with E-state index in [9.17, 15) is 14.4 Å². The molecule has 5 aromatic rings. The number of hydrogen-bond acceptors (Lipinski definition) is 7. The van der Waals surface area contributed by atoms with E-state index in [0.29, 0.717) is 44.2 Å². The van der Waals surface area contributed by atoms with Crippen molar-refractivity contribution in [3.63, 3.8) is 0 Å². The standard InChI is InChI=1S/C38H45N7O4.C3H8.C2H6O/c1-6-16-44(36(47)22-39-25-46)23-34-41-21-33(43-34)31-15-14-29-18-28(12-13-30(29)19-31)26-8-10-27(11-9-26)32-20-40-35(42-32)24-45(17-7-2)37(48)49-38(3,4)5;2*1-3-2/h8-15,18-21,25H,6-7,16-17,22-24H2,1-5H3,(H,39,46)(H,40,42)(H,41,43);3H2,1-2H3;1-2H3. The third-order valence-electron chi connectivity index (χ3n) is 7.95. The van der Waals surface area contributed by atoms with Crippen molar-refractivity contribution in [1.82, 2.24) is 35.1 Å². The highest BCUT2D eigenvalue weighted by Crippen LogP contribution is 2.30. The van der Waals surface area contributed by atoms with Gasteiger partial charge >= 0.3 is 6.09 Å². The summed E-state index contributed by atoms with van der Waals surface area (Å²) in [4.78, 5) is 54.9. The first-order valence-corrected chi connectivity index (χ1v) is 19.0. The largest absolute Gasteiger partial charge is 0.444 e. The molecule has 2 heterocycles. The zero-order valence-corrected chi connectivity index (χ0v) is 34.0. The van der Waals surface area contributed by atoms with Gasteiger partial charge < -0.3 is 34.6 Å². The molecule has 12 nitrogen and oxygen atoms in total. The lowest BCUT2D eigenvalue weighted by molar-refractivity contribution is -0.132. The molecule has 0 radical (unpaired) electrons. The number of ether oxygens (including phenoxy) is 2. The summed E-state index contributed by atoms with van der Waals surface area (Å²) in [6.07, 6.45) is 6.65. The Bertz CT molecular complexity index is 1930. The predicted molar refractivity (Wildman–Crippen MR) is 220 cm³/mol. The number of fused-ring (bicyclic) bond motifs is 1. The van der Waals surface area contributed by atoms with Crippen LogP contribution in [0.25, 0.3) is 44.4 Å². The molecule has 0 saturated carbocycles. The number of carbonyl (C=O) groups excluding carboxylic acids is 3.